The van der Waals surface area contributed by atoms with Gasteiger partial charge in [-0.25, -0.2) is 0 Å². The SMILES string of the molecule is CC(C)NCCCCN(C)Cc1ccco1. The average Bonchev–Trinajstić information content (AvgIpc) is 2.69. The first-order valence-corrected chi connectivity index (χ1v) is 6.13. The summed E-state index contributed by atoms with van der Waals surface area (Å²) in [4.78, 5) is 2.30. The largest absolute Gasteiger partial charge is 0.468 e. The Labute approximate surface area is 98.8 Å². The molecule has 1 aromatic rings. The quantitative estimate of drug-likeness (QED) is 0.688. The second kappa shape index (κ2) is 7.47. The smallest absolute Gasteiger partial charge is 0.117 e. The van der Waals surface area contributed by atoms with E-state index < -0.39 is 0 Å². The molecule has 0 aliphatic heterocycles. The fourth-order valence-electron chi connectivity index (χ4n) is 1.65. The van der Waals surface area contributed by atoms with Crippen molar-refractivity contribution in [3.05, 3.63) is 24.2 Å². The molecule has 3 heteroatoms. The molecule has 0 saturated heterocycles. The van der Waals surface area contributed by atoms with Gasteiger partial charge in [0.2, 0.25) is 0 Å². The summed E-state index contributed by atoms with van der Waals surface area (Å²) in [5, 5.41) is 3.43. The van der Waals surface area contributed by atoms with Crippen LogP contribution < -0.4 is 5.32 Å². The Morgan fingerprint density at radius 1 is 1.38 bits per heavy atom. The van der Waals surface area contributed by atoms with Gasteiger partial charge in [-0.15, -0.1) is 0 Å². The summed E-state index contributed by atoms with van der Waals surface area (Å²) < 4.78 is 5.31. The average molecular weight is 224 g/mol. The van der Waals surface area contributed by atoms with E-state index in [-0.39, 0.29) is 0 Å². The van der Waals surface area contributed by atoms with Crippen LogP contribution in [0.4, 0.5) is 0 Å². The zero-order valence-corrected chi connectivity index (χ0v) is 10.7. The lowest BCUT2D eigenvalue weighted by Gasteiger charge is -2.15. The minimum atomic E-state index is 0.598. The molecule has 0 atom stereocenters. The maximum absolute atomic E-state index is 5.31. The van der Waals surface area contributed by atoms with Crippen molar-refractivity contribution in [1.82, 2.24) is 10.2 Å². The van der Waals surface area contributed by atoms with Crippen molar-refractivity contribution in [2.45, 2.75) is 39.3 Å². The van der Waals surface area contributed by atoms with Crippen molar-refractivity contribution >= 4 is 0 Å². The molecule has 0 amide bonds. The summed E-state index contributed by atoms with van der Waals surface area (Å²) in [6.45, 7) is 7.52. The normalized spacial score (nSPS) is 11.6. The van der Waals surface area contributed by atoms with Gasteiger partial charge in [0.05, 0.1) is 12.8 Å². The van der Waals surface area contributed by atoms with Gasteiger partial charge in [0.15, 0.2) is 0 Å². The first-order valence-electron chi connectivity index (χ1n) is 6.13. The maximum Gasteiger partial charge on any atom is 0.117 e. The van der Waals surface area contributed by atoms with Gasteiger partial charge in [-0.1, -0.05) is 13.8 Å². The van der Waals surface area contributed by atoms with Gasteiger partial charge >= 0.3 is 0 Å². The first-order chi connectivity index (χ1) is 7.68. The van der Waals surface area contributed by atoms with Crippen LogP contribution in [-0.4, -0.2) is 31.1 Å². The van der Waals surface area contributed by atoms with Crippen molar-refractivity contribution in [2.24, 2.45) is 0 Å². The lowest BCUT2D eigenvalue weighted by molar-refractivity contribution is 0.288. The van der Waals surface area contributed by atoms with Crippen LogP contribution in [0.1, 0.15) is 32.4 Å². The summed E-state index contributed by atoms with van der Waals surface area (Å²) in [5.41, 5.74) is 0. The van der Waals surface area contributed by atoms with Crippen molar-refractivity contribution in [1.29, 1.82) is 0 Å². The van der Waals surface area contributed by atoms with Gasteiger partial charge in [-0.2, -0.15) is 0 Å². The van der Waals surface area contributed by atoms with Gasteiger partial charge in [0.1, 0.15) is 5.76 Å². The van der Waals surface area contributed by atoms with E-state index in [0.29, 0.717) is 6.04 Å². The Morgan fingerprint density at radius 2 is 2.19 bits per heavy atom. The van der Waals surface area contributed by atoms with Crippen LogP contribution in [0.2, 0.25) is 0 Å². The third-order valence-corrected chi connectivity index (χ3v) is 2.53. The summed E-state index contributed by atoms with van der Waals surface area (Å²) in [6, 6.07) is 4.56. The van der Waals surface area contributed by atoms with E-state index in [9.17, 15) is 0 Å². The van der Waals surface area contributed by atoms with Crippen LogP contribution in [0.15, 0.2) is 22.8 Å². The van der Waals surface area contributed by atoms with Crippen LogP contribution in [-0.2, 0) is 6.54 Å². The number of hydrogen-bond acceptors (Lipinski definition) is 3. The molecule has 1 aromatic heterocycles. The van der Waals surface area contributed by atoms with E-state index in [0.717, 1.165) is 25.4 Å². The summed E-state index contributed by atoms with van der Waals surface area (Å²) in [6.07, 6.45) is 4.20. The lowest BCUT2D eigenvalue weighted by Crippen LogP contribution is -2.25. The molecule has 0 fully saturated rings. The Kier molecular flexibility index (Phi) is 6.19. The second-order valence-corrected chi connectivity index (χ2v) is 4.63. The molecule has 16 heavy (non-hydrogen) atoms. The number of unbranched alkanes of at least 4 members (excludes halogenated alkanes) is 1. The minimum Gasteiger partial charge on any atom is -0.468 e. The van der Waals surface area contributed by atoms with Crippen LogP contribution in [0.25, 0.3) is 0 Å². The highest BCUT2D eigenvalue weighted by Crippen LogP contribution is 2.04. The Morgan fingerprint density at radius 3 is 2.81 bits per heavy atom. The second-order valence-electron chi connectivity index (χ2n) is 4.63. The fourth-order valence-corrected chi connectivity index (χ4v) is 1.65. The number of nitrogens with zero attached hydrogens (tertiary/aromatic N) is 1. The summed E-state index contributed by atoms with van der Waals surface area (Å²) >= 11 is 0. The van der Waals surface area contributed by atoms with Gasteiger partial charge in [-0.3, -0.25) is 4.90 Å². The Bertz CT molecular complexity index is 257. The third-order valence-electron chi connectivity index (χ3n) is 2.53. The highest BCUT2D eigenvalue weighted by atomic mass is 16.3. The Hall–Kier alpha value is -0.800. The highest BCUT2D eigenvalue weighted by molar-refractivity contribution is 4.97. The van der Waals surface area contributed by atoms with E-state index in [4.69, 9.17) is 4.42 Å². The molecular formula is C13H24N2O. The van der Waals surface area contributed by atoms with Crippen LogP contribution >= 0.6 is 0 Å². The van der Waals surface area contributed by atoms with Gasteiger partial charge < -0.3 is 9.73 Å². The van der Waals surface area contributed by atoms with Crippen molar-refractivity contribution in [3.8, 4) is 0 Å². The minimum absolute atomic E-state index is 0.598. The van der Waals surface area contributed by atoms with Crippen molar-refractivity contribution in [3.63, 3.8) is 0 Å². The summed E-state index contributed by atoms with van der Waals surface area (Å²) in [7, 11) is 2.14. The predicted octanol–water partition coefficient (Wildman–Crippen LogP) is 2.49. The molecule has 1 heterocycles. The van der Waals surface area contributed by atoms with E-state index in [1.807, 2.05) is 12.1 Å². The van der Waals surface area contributed by atoms with Crippen molar-refractivity contribution < 1.29 is 4.42 Å². The first kappa shape index (κ1) is 13.3. The summed E-state index contributed by atoms with van der Waals surface area (Å²) in [5.74, 6) is 1.04. The van der Waals surface area contributed by atoms with Crippen LogP contribution in [0.5, 0.6) is 0 Å². The van der Waals surface area contributed by atoms with Gasteiger partial charge in [-0.05, 0) is 45.1 Å². The molecule has 0 radical (unpaired) electrons. The number of rotatable bonds is 8. The topological polar surface area (TPSA) is 28.4 Å². The van der Waals surface area contributed by atoms with E-state index in [1.54, 1.807) is 6.26 Å². The number of furan rings is 1. The third kappa shape index (κ3) is 5.93. The number of hydrogen-bond donors (Lipinski definition) is 1. The molecule has 1 N–H and O–H groups in total. The zero-order valence-electron chi connectivity index (χ0n) is 10.7. The van der Waals surface area contributed by atoms with E-state index >= 15 is 0 Å². The molecule has 0 aliphatic rings. The molecule has 0 aliphatic carbocycles. The van der Waals surface area contributed by atoms with E-state index in [2.05, 4.69) is 31.1 Å². The molecule has 3 nitrogen and oxygen atoms in total. The zero-order chi connectivity index (χ0) is 11.8. The molecule has 0 spiro atoms. The molecule has 0 aromatic carbocycles. The number of nitrogens with one attached hydrogen (secondary N) is 1. The molecule has 92 valence electrons. The lowest BCUT2D eigenvalue weighted by atomic mass is 10.2. The highest BCUT2D eigenvalue weighted by Gasteiger charge is 2.01. The van der Waals surface area contributed by atoms with Crippen LogP contribution in [0, 0.1) is 0 Å². The molecule has 0 bridgehead atoms. The molecule has 1 rings (SSSR count). The molecule has 0 saturated carbocycles. The monoisotopic (exact) mass is 224 g/mol. The standard InChI is InChI=1S/C13H24N2O/c1-12(2)14-8-4-5-9-15(3)11-13-7-6-10-16-13/h6-7,10,12,14H,4-5,8-9,11H2,1-3H3. The predicted molar refractivity (Wildman–Crippen MR) is 67.4 cm³/mol. The fraction of sp³-hybridized carbons (Fsp3) is 0.692. The van der Waals surface area contributed by atoms with Gasteiger partial charge in [0, 0.05) is 6.04 Å². The van der Waals surface area contributed by atoms with Gasteiger partial charge in [0.25, 0.3) is 0 Å². The van der Waals surface area contributed by atoms with E-state index in [1.165, 1.54) is 12.8 Å². The van der Waals surface area contributed by atoms with Crippen molar-refractivity contribution in [2.75, 3.05) is 20.1 Å². The van der Waals surface area contributed by atoms with Crippen LogP contribution in [0.3, 0.4) is 0 Å². The maximum atomic E-state index is 5.31. The molecular weight excluding hydrogens is 200 g/mol. The molecule has 0 unspecified atom stereocenters. The Balaban J connectivity index is 2.00.